The third-order valence-electron chi connectivity index (χ3n) is 4.08. The lowest BCUT2D eigenvalue weighted by Gasteiger charge is -2.21. The first kappa shape index (κ1) is 16.0. The number of esters is 1. The van der Waals surface area contributed by atoms with Crippen LogP contribution in [0.4, 0.5) is 0 Å². The zero-order chi connectivity index (χ0) is 15.1. The highest BCUT2D eigenvalue weighted by Crippen LogP contribution is 2.25. The Morgan fingerprint density at radius 3 is 2.67 bits per heavy atom. The van der Waals surface area contributed by atoms with Crippen molar-refractivity contribution in [3.05, 3.63) is 35.9 Å². The van der Waals surface area contributed by atoms with E-state index in [2.05, 4.69) is 17.1 Å². The van der Waals surface area contributed by atoms with Crippen LogP contribution in [0.2, 0.25) is 0 Å². The fourth-order valence-electron chi connectivity index (χ4n) is 2.67. The van der Waals surface area contributed by atoms with Crippen molar-refractivity contribution in [2.24, 2.45) is 0 Å². The van der Waals surface area contributed by atoms with Crippen molar-refractivity contribution in [3.8, 4) is 0 Å². The molecule has 21 heavy (non-hydrogen) atoms. The van der Waals surface area contributed by atoms with Crippen LogP contribution in [0.1, 0.15) is 31.2 Å². The number of benzene rings is 1. The summed E-state index contributed by atoms with van der Waals surface area (Å²) in [6.07, 6.45) is 2.67. The van der Waals surface area contributed by atoms with Gasteiger partial charge < -0.3 is 10.1 Å². The molecule has 1 fully saturated rings. The minimum Gasteiger partial charge on any atom is -0.469 e. The van der Waals surface area contributed by atoms with Gasteiger partial charge in [-0.2, -0.15) is 0 Å². The van der Waals surface area contributed by atoms with Crippen LogP contribution < -0.4 is 5.32 Å². The molecule has 0 bridgehead atoms. The average Bonchev–Trinajstić information content (AvgIpc) is 3.36. The molecule has 1 aromatic rings. The third kappa shape index (κ3) is 4.83. The van der Waals surface area contributed by atoms with Gasteiger partial charge in [-0.15, -0.1) is 0 Å². The first-order valence-corrected chi connectivity index (χ1v) is 7.83. The van der Waals surface area contributed by atoms with Gasteiger partial charge in [0.05, 0.1) is 13.0 Å². The van der Waals surface area contributed by atoms with E-state index in [1.807, 2.05) is 30.3 Å². The molecule has 0 heterocycles. The number of hydrogen-bond acceptors (Lipinski definition) is 4. The number of likely N-dealkylation sites (N-methyl/N-ethyl adjacent to an activating group) is 1. The molecule has 0 aliphatic heterocycles. The van der Waals surface area contributed by atoms with E-state index in [9.17, 15) is 4.79 Å². The zero-order valence-corrected chi connectivity index (χ0v) is 13.0. The van der Waals surface area contributed by atoms with E-state index < -0.39 is 0 Å². The lowest BCUT2D eigenvalue weighted by atomic mass is 9.99. The number of carbonyl (C=O) groups is 1. The molecule has 2 rings (SSSR count). The molecule has 4 heteroatoms. The fraction of sp³-hybridized carbons (Fsp3) is 0.588. The molecule has 1 N–H and O–H groups in total. The SMILES string of the molecule is CCN(CCNCC(C(=O)OC)c1ccccc1)C1CC1. The number of carbonyl (C=O) groups excluding carboxylic acids is 1. The number of hydrogen-bond donors (Lipinski definition) is 1. The Kier molecular flexibility index (Phi) is 6.21. The van der Waals surface area contributed by atoms with Crippen LogP contribution in [0, 0.1) is 0 Å². The van der Waals surface area contributed by atoms with Crippen molar-refractivity contribution in [1.29, 1.82) is 0 Å². The van der Waals surface area contributed by atoms with Crippen LogP contribution in [0.3, 0.4) is 0 Å². The van der Waals surface area contributed by atoms with E-state index in [0.717, 1.165) is 31.2 Å². The predicted molar refractivity (Wildman–Crippen MR) is 84.3 cm³/mol. The molecule has 1 aliphatic rings. The van der Waals surface area contributed by atoms with Crippen LogP contribution >= 0.6 is 0 Å². The quantitative estimate of drug-likeness (QED) is 0.558. The van der Waals surface area contributed by atoms with Crippen molar-refractivity contribution >= 4 is 5.97 Å². The molecule has 1 unspecified atom stereocenters. The standard InChI is InChI=1S/C17H26N2O2/c1-3-19(15-9-10-15)12-11-18-13-16(17(20)21-2)14-7-5-4-6-8-14/h4-8,15-16,18H,3,9-13H2,1-2H3. The highest BCUT2D eigenvalue weighted by Gasteiger charge is 2.27. The van der Waals surface area contributed by atoms with Gasteiger partial charge in [0.25, 0.3) is 0 Å². The van der Waals surface area contributed by atoms with Gasteiger partial charge in [0.1, 0.15) is 0 Å². The summed E-state index contributed by atoms with van der Waals surface area (Å²) in [6, 6.07) is 10.6. The Balaban J connectivity index is 1.80. The summed E-state index contributed by atoms with van der Waals surface area (Å²) in [5.41, 5.74) is 1.01. The van der Waals surface area contributed by atoms with E-state index in [4.69, 9.17) is 4.74 Å². The summed E-state index contributed by atoms with van der Waals surface area (Å²) >= 11 is 0. The summed E-state index contributed by atoms with van der Waals surface area (Å²) in [4.78, 5) is 14.4. The maximum absolute atomic E-state index is 11.9. The second kappa shape index (κ2) is 8.15. The second-order valence-electron chi connectivity index (χ2n) is 5.55. The summed E-state index contributed by atoms with van der Waals surface area (Å²) in [7, 11) is 1.45. The van der Waals surface area contributed by atoms with Gasteiger partial charge in [-0.1, -0.05) is 37.3 Å². The molecule has 1 aromatic carbocycles. The van der Waals surface area contributed by atoms with Crippen LogP contribution in [0.15, 0.2) is 30.3 Å². The number of rotatable bonds is 9. The number of nitrogens with zero attached hydrogens (tertiary/aromatic N) is 1. The topological polar surface area (TPSA) is 41.6 Å². The second-order valence-corrected chi connectivity index (χ2v) is 5.55. The first-order valence-electron chi connectivity index (χ1n) is 7.83. The van der Waals surface area contributed by atoms with Gasteiger partial charge in [-0.3, -0.25) is 9.69 Å². The Morgan fingerprint density at radius 2 is 2.10 bits per heavy atom. The van der Waals surface area contributed by atoms with Gasteiger partial charge in [0, 0.05) is 25.7 Å². The van der Waals surface area contributed by atoms with Gasteiger partial charge in [0.15, 0.2) is 0 Å². The summed E-state index contributed by atoms with van der Waals surface area (Å²) < 4.78 is 4.92. The largest absolute Gasteiger partial charge is 0.469 e. The molecule has 0 radical (unpaired) electrons. The Morgan fingerprint density at radius 1 is 1.38 bits per heavy atom. The lowest BCUT2D eigenvalue weighted by molar-refractivity contribution is -0.142. The van der Waals surface area contributed by atoms with Crippen molar-refractivity contribution in [1.82, 2.24) is 10.2 Å². The van der Waals surface area contributed by atoms with E-state index >= 15 is 0 Å². The van der Waals surface area contributed by atoms with Crippen molar-refractivity contribution < 1.29 is 9.53 Å². The number of nitrogens with one attached hydrogen (secondary N) is 1. The molecule has 1 atom stereocenters. The Bertz CT molecular complexity index is 432. The van der Waals surface area contributed by atoms with E-state index in [0.29, 0.717) is 6.54 Å². The average molecular weight is 290 g/mol. The van der Waals surface area contributed by atoms with Gasteiger partial charge in [-0.25, -0.2) is 0 Å². The molecule has 4 nitrogen and oxygen atoms in total. The molecule has 1 aliphatic carbocycles. The monoisotopic (exact) mass is 290 g/mol. The fourth-order valence-corrected chi connectivity index (χ4v) is 2.67. The molecular weight excluding hydrogens is 264 g/mol. The molecule has 116 valence electrons. The Labute approximate surface area is 127 Å². The molecular formula is C17H26N2O2. The van der Waals surface area contributed by atoms with Crippen LogP contribution in [-0.4, -0.2) is 50.2 Å². The van der Waals surface area contributed by atoms with E-state index in [1.165, 1.54) is 20.0 Å². The van der Waals surface area contributed by atoms with Crippen molar-refractivity contribution in [3.63, 3.8) is 0 Å². The maximum atomic E-state index is 11.9. The molecule has 0 amide bonds. The summed E-state index contributed by atoms with van der Waals surface area (Å²) in [6.45, 7) is 5.89. The third-order valence-corrected chi connectivity index (χ3v) is 4.08. The minimum absolute atomic E-state index is 0.178. The highest BCUT2D eigenvalue weighted by molar-refractivity contribution is 5.78. The molecule has 0 aromatic heterocycles. The number of methoxy groups -OCH3 is 1. The van der Waals surface area contributed by atoms with E-state index in [-0.39, 0.29) is 11.9 Å². The van der Waals surface area contributed by atoms with E-state index in [1.54, 1.807) is 0 Å². The van der Waals surface area contributed by atoms with Gasteiger partial charge in [0.2, 0.25) is 0 Å². The summed E-state index contributed by atoms with van der Waals surface area (Å²) in [5, 5.41) is 3.40. The zero-order valence-electron chi connectivity index (χ0n) is 13.0. The molecule has 1 saturated carbocycles. The van der Waals surface area contributed by atoms with Crippen molar-refractivity contribution in [2.45, 2.75) is 31.7 Å². The highest BCUT2D eigenvalue weighted by atomic mass is 16.5. The molecule has 0 spiro atoms. The minimum atomic E-state index is -0.229. The van der Waals surface area contributed by atoms with Crippen molar-refractivity contribution in [2.75, 3.05) is 33.3 Å². The maximum Gasteiger partial charge on any atom is 0.314 e. The van der Waals surface area contributed by atoms with Crippen LogP contribution in [0.25, 0.3) is 0 Å². The summed E-state index contributed by atoms with van der Waals surface area (Å²) in [5.74, 6) is -0.407. The molecule has 0 saturated heterocycles. The Hall–Kier alpha value is -1.39. The lowest BCUT2D eigenvalue weighted by Crippen LogP contribution is -2.36. The van der Waals surface area contributed by atoms with Crippen LogP contribution in [0.5, 0.6) is 0 Å². The smallest absolute Gasteiger partial charge is 0.314 e. The van der Waals surface area contributed by atoms with Crippen LogP contribution in [-0.2, 0) is 9.53 Å². The number of ether oxygens (including phenoxy) is 1. The normalized spacial score (nSPS) is 16.0. The first-order chi connectivity index (χ1) is 10.3. The van der Waals surface area contributed by atoms with Gasteiger partial charge >= 0.3 is 5.97 Å². The predicted octanol–water partition coefficient (Wildman–Crippen LogP) is 2.02. The van der Waals surface area contributed by atoms with Gasteiger partial charge in [-0.05, 0) is 24.9 Å².